The molecule has 158 valence electrons. The van der Waals surface area contributed by atoms with E-state index in [0.29, 0.717) is 21.7 Å². The Labute approximate surface area is 188 Å². The van der Waals surface area contributed by atoms with E-state index in [2.05, 4.69) is 21.1 Å². The quantitative estimate of drug-likeness (QED) is 0.466. The fourth-order valence-electron chi connectivity index (χ4n) is 4.09. The molecule has 0 radical (unpaired) electrons. The van der Waals surface area contributed by atoms with Crippen LogP contribution in [-0.2, 0) is 6.42 Å². The molecule has 0 aromatic heterocycles. The van der Waals surface area contributed by atoms with Crippen LogP contribution in [0.25, 0.3) is 11.1 Å². The molecule has 1 N–H and O–H groups in total. The van der Waals surface area contributed by atoms with Gasteiger partial charge in [0, 0.05) is 17.5 Å². The van der Waals surface area contributed by atoms with E-state index >= 15 is 0 Å². The van der Waals surface area contributed by atoms with Gasteiger partial charge in [-0.25, -0.2) is 0 Å². The largest absolute Gasteiger partial charge is 1.00 e. The highest BCUT2D eigenvalue weighted by atomic mass is 127. The Morgan fingerprint density at radius 3 is 2.21 bits per heavy atom. The molecule has 0 saturated heterocycles. The molecular weight excluding hydrogens is 485 g/mol. The van der Waals surface area contributed by atoms with E-state index in [0.717, 1.165) is 35.1 Å². The van der Waals surface area contributed by atoms with Crippen LogP contribution in [0.2, 0.25) is 0 Å². The second-order valence-corrected chi connectivity index (χ2v) is 7.95. The molecule has 0 amide bonds. The van der Waals surface area contributed by atoms with Gasteiger partial charge in [-0.2, -0.15) is 0 Å². The summed E-state index contributed by atoms with van der Waals surface area (Å²) in [7, 11) is 11.1. The number of halogens is 1. The number of nitrogens with zero attached hydrogens (tertiary/aromatic N) is 1. The second-order valence-electron chi connectivity index (χ2n) is 7.95. The van der Waals surface area contributed by atoms with Crippen LogP contribution in [0.15, 0.2) is 29.1 Å². The molecule has 0 bridgehead atoms. The first kappa shape index (κ1) is 23.3. The number of ether oxygens (including phenoxy) is 3. The van der Waals surface area contributed by atoms with Crippen LogP contribution in [-0.4, -0.2) is 52.1 Å². The summed E-state index contributed by atoms with van der Waals surface area (Å²) in [6, 6.07) is 6.86. The summed E-state index contributed by atoms with van der Waals surface area (Å²) in [6.45, 7) is 0. The average Bonchev–Trinajstić information content (AvgIpc) is 2.88. The molecule has 29 heavy (non-hydrogen) atoms. The van der Waals surface area contributed by atoms with Gasteiger partial charge in [0.25, 0.3) is 0 Å². The van der Waals surface area contributed by atoms with Crippen molar-refractivity contribution in [3.05, 3.63) is 45.6 Å². The molecule has 2 aromatic carbocycles. The zero-order valence-corrected chi connectivity index (χ0v) is 19.9. The van der Waals surface area contributed by atoms with Gasteiger partial charge < -0.3 is 47.8 Å². The summed E-state index contributed by atoms with van der Waals surface area (Å²) in [5.74, 6) is 1.42. The molecule has 0 saturated carbocycles. The minimum atomic E-state index is -0.386. The van der Waals surface area contributed by atoms with Crippen LogP contribution in [0.3, 0.4) is 0 Å². The highest BCUT2D eigenvalue weighted by Crippen LogP contribution is 2.51. The van der Waals surface area contributed by atoms with E-state index in [1.54, 1.807) is 33.5 Å². The Kier molecular flexibility index (Phi) is 7.06. The van der Waals surface area contributed by atoms with Crippen LogP contribution < -0.4 is 43.6 Å². The van der Waals surface area contributed by atoms with Gasteiger partial charge in [-0.3, -0.25) is 4.79 Å². The molecule has 0 spiro atoms. The highest BCUT2D eigenvalue weighted by molar-refractivity contribution is 5.82. The third-order valence-electron chi connectivity index (χ3n) is 5.42. The number of methoxy groups -OCH3 is 3. The van der Waals surface area contributed by atoms with E-state index in [1.165, 1.54) is 6.07 Å². The predicted molar refractivity (Wildman–Crippen MR) is 109 cm³/mol. The summed E-state index contributed by atoms with van der Waals surface area (Å²) >= 11 is 0. The van der Waals surface area contributed by atoms with E-state index in [-0.39, 0.29) is 41.2 Å². The lowest BCUT2D eigenvalue weighted by Crippen LogP contribution is -3.00. The Morgan fingerprint density at radius 2 is 1.66 bits per heavy atom. The van der Waals surface area contributed by atoms with E-state index < -0.39 is 0 Å². The SMILES string of the molecule is COc1cc2c(c(OC)c1OC)-c1ccc(O)c(=O)cc1[C@@H]([N+](C)(C)C)CC2.[I-]. The molecule has 0 aliphatic heterocycles. The Balaban J connectivity index is 0.00000300. The zero-order chi connectivity index (χ0) is 20.6. The minimum Gasteiger partial charge on any atom is -1.00 e. The lowest BCUT2D eigenvalue weighted by atomic mass is 9.95. The molecule has 3 rings (SSSR count). The smallest absolute Gasteiger partial charge is 0.220 e. The molecule has 0 fully saturated rings. The van der Waals surface area contributed by atoms with Crippen molar-refractivity contribution in [3.63, 3.8) is 0 Å². The van der Waals surface area contributed by atoms with Crippen molar-refractivity contribution < 1.29 is 47.8 Å². The van der Waals surface area contributed by atoms with E-state index in [1.807, 2.05) is 6.07 Å². The topological polar surface area (TPSA) is 65.0 Å². The van der Waals surface area contributed by atoms with Gasteiger partial charge in [0.15, 0.2) is 17.2 Å². The fraction of sp³-hybridized carbons (Fsp3) is 0.409. The third kappa shape index (κ3) is 4.16. The molecule has 7 heteroatoms. The number of benzene rings is 1. The number of rotatable bonds is 4. The Hall–Kier alpha value is -2.00. The maximum Gasteiger partial charge on any atom is 0.220 e. The summed E-state index contributed by atoms with van der Waals surface area (Å²) in [5, 5.41) is 10.1. The number of hydrogen-bond donors (Lipinski definition) is 1. The van der Waals surface area contributed by atoms with Crippen LogP contribution in [0.5, 0.6) is 23.0 Å². The van der Waals surface area contributed by atoms with Crippen molar-refractivity contribution in [2.45, 2.75) is 18.9 Å². The normalized spacial score (nSPS) is 15.3. The average molecular weight is 513 g/mol. The summed E-state index contributed by atoms with van der Waals surface area (Å²) < 4.78 is 17.5. The monoisotopic (exact) mass is 513 g/mol. The van der Waals surface area contributed by atoms with Crippen LogP contribution in [0.4, 0.5) is 0 Å². The van der Waals surface area contributed by atoms with E-state index in [9.17, 15) is 9.90 Å². The van der Waals surface area contributed by atoms with Crippen LogP contribution in [0, 0.1) is 0 Å². The van der Waals surface area contributed by atoms with Gasteiger partial charge in [0.1, 0.15) is 6.04 Å². The molecular formula is C22H28INO5. The first-order chi connectivity index (χ1) is 13.2. The van der Waals surface area contributed by atoms with Gasteiger partial charge in [-0.05, 0) is 41.8 Å². The number of aromatic hydroxyl groups is 1. The summed E-state index contributed by atoms with van der Waals surface area (Å²) in [5.41, 5.74) is 3.30. The second kappa shape index (κ2) is 8.79. The number of quaternary nitrogens is 1. The number of fused-ring (bicyclic) bond motifs is 3. The van der Waals surface area contributed by atoms with Crippen molar-refractivity contribution in [1.82, 2.24) is 0 Å². The Bertz CT molecular complexity index is 969. The van der Waals surface area contributed by atoms with Crippen molar-refractivity contribution in [2.24, 2.45) is 0 Å². The van der Waals surface area contributed by atoms with Gasteiger partial charge >= 0.3 is 0 Å². The van der Waals surface area contributed by atoms with Gasteiger partial charge in [-0.15, -0.1) is 0 Å². The lowest BCUT2D eigenvalue weighted by Gasteiger charge is -2.34. The third-order valence-corrected chi connectivity index (χ3v) is 5.42. The van der Waals surface area contributed by atoms with Crippen molar-refractivity contribution >= 4 is 0 Å². The maximum absolute atomic E-state index is 12.4. The molecule has 1 atom stereocenters. The highest BCUT2D eigenvalue weighted by Gasteiger charge is 2.34. The fourth-order valence-corrected chi connectivity index (χ4v) is 4.09. The van der Waals surface area contributed by atoms with Crippen molar-refractivity contribution in [3.8, 4) is 34.1 Å². The van der Waals surface area contributed by atoms with Crippen molar-refractivity contribution in [1.29, 1.82) is 0 Å². The molecule has 1 aliphatic carbocycles. The summed E-state index contributed by atoms with van der Waals surface area (Å²) in [4.78, 5) is 12.4. The lowest BCUT2D eigenvalue weighted by molar-refractivity contribution is -0.902. The molecule has 0 unspecified atom stereocenters. The predicted octanol–water partition coefficient (Wildman–Crippen LogP) is 0.143. The van der Waals surface area contributed by atoms with Gasteiger partial charge in [-0.1, -0.05) is 0 Å². The first-order valence-electron chi connectivity index (χ1n) is 9.23. The number of hydrogen-bond acceptors (Lipinski definition) is 5. The standard InChI is InChI=1S/C22H27NO5.HI/c1-23(2,3)16-9-7-13-11-19(26-4)21(27-5)22(28-6)20(13)14-8-10-17(24)18(25)12-15(14)16;/h8,10-12,16H,7,9H2,1-6H3;1H/t16-;/m0./s1. The van der Waals surface area contributed by atoms with E-state index in [4.69, 9.17) is 14.2 Å². The first-order valence-corrected chi connectivity index (χ1v) is 9.23. The molecule has 1 aliphatic rings. The zero-order valence-electron chi connectivity index (χ0n) is 17.7. The molecule has 2 aromatic rings. The van der Waals surface area contributed by atoms with Crippen LogP contribution >= 0.6 is 0 Å². The number of aryl methyl sites for hydroxylation is 1. The van der Waals surface area contributed by atoms with Crippen molar-refractivity contribution in [2.75, 3.05) is 42.5 Å². The Morgan fingerprint density at radius 1 is 1.00 bits per heavy atom. The molecule has 6 nitrogen and oxygen atoms in total. The summed E-state index contributed by atoms with van der Waals surface area (Å²) in [6.07, 6.45) is 1.64. The van der Waals surface area contributed by atoms with Crippen LogP contribution in [0.1, 0.15) is 23.6 Å². The maximum atomic E-state index is 12.4. The van der Waals surface area contributed by atoms with Gasteiger partial charge in [0.05, 0.1) is 42.5 Å². The van der Waals surface area contributed by atoms with Gasteiger partial charge in [0.2, 0.25) is 11.2 Å². The minimum absolute atomic E-state index is 0. The molecule has 0 heterocycles.